The van der Waals surface area contributed by atoms with E-state index in [1.165, 1.54) is 12.1 Å². The number of hydrogen-bond acceptors (Lipinski definition) is 4. The van der Waals surface area contributed by atoms with Crippen molar-refractivity contribution < 1.29 is 23.1 Å². The third kappa shape index (κ3) is 4.43. The fourth-order valence-corrected chi connectivity index (χ4v) is 4.17. The van der Waals surface area contributed by atoms with Crippen LogP contribution in [0.1, 0.15) is 24.8 Å². The predicted octanol–water partition coefficient (Wildman–Crippen LogP) is 2.10. The van der Waals surface area contributed by atoms with Gasteiger partial charge in [0.2, 0.25) is 10.0 Å². The molecule has 7 heteroatoms. The summed E-state index contributed by atoms with van der Waals surface area (Å²) in [6, 6.07) is 5.05. The third-order valence-electron chi connectivity index (χ3n) is 4.20. The van der Waals surface area contributed by atoms with Crippen molar-refractivity contribution in [2.24, 2.45) is 5.92 Å². The maximum absolute atomic E-state index is 12.5. The van der Waals surface area contributed by atoms with E-state index < -0.39 is 28.0 Å². The van der Waals surface area contributed by atoms with Crippen LogP contribution in [0.25, 0.3) is 0 Å². The van der Waals surface area contributed by atoms with Crippen LogP contribution in [0, 0.1) is 12.8 Å². The summed E-state index contributed by atoms with van der Waals surface area (Å²) in [5.74, 6) is -1.63. The molecule has 2 N–H and O–H groups in total. The maximum Gasteiger partial charge on any atom is 0.322 e. The van der Waals surface area contributed by atoms with Crippen molar-refractivity contribution in [2.75, 3.05) is 6.61 Å². The van der Waals surface area contributed by atoms with E-state index in [2.05, 4.69) is 11.3 Å². The molecule has 1 fully saturated rings. The van der Waals surface area contributed by atoms with Gasteiger partial charge in [0.25, 0.3) is 0 Å². The molecule has 1 unspecified atom stereocenters. The Bertz CT molecular complexity index is 683. The number of nitrogens with one attached hydrogen (secondary N) is 1. The van der Waals surface area contributed by atoms with Crippen molar-refractivity contribution in [3.63, 3.8) is 0 Å². The van der Waals surface area contributed by atoms with Gasteiger partial charge in [-0.3, -0.25) is 4.79 Å². The molecule has 132 valence electrons. The largest absolute Gasteiger partial charge is 0.480 e. The van der Waals surface area contributed by atoms with Crippen LogP contribution in [-0.4, -0.2) is 38.2 Å². The number of aryl methyl sites for hydroxylation is 1. The van der Waals surface area contributed by atoms with E-state index in [9.17, 15) is 18.3 Å². The van der Waals surface area contributed by atoms with Gasteiger partial charge < -0.3 is 9.84 Å². The number of sulfonamides is 1. The molecule has 0 amide bonds. The van der Waals surface area contributed by atoms with Crippen LogP contribution in [-0.2, 0) is 19.6 Å². The van der Waals surface area contributed by atoms with Crippen LogP contribution >= 0.6 is 0 Å². The minimum absolute atomic E-state index is 0.0522. The summed E-state index contributed by atoms with van der Waals surface area (Å²) in [6.07, 6.45) is 3.09. The quantitative estimate of drug-likeness (QED) is 0.732. The number of carbonyl (C=O) groups is 1. The molecule has 3 atom stereocenters. The zero-order valence-corrected chi connectivity index (χ0v) is 14.5. The fraction of sp³-hybridized carbons (Fsp3) is 0.471. The van der Waals surface area contributed by atoms with Gasteiger partial charge in [-0.15, -0.1) is 6.58 Å². The normalized spacial score (nSPS) is 22.7. The van der Waals surface area contributed by atoms with Gasteiger partial charge in [0.1, 0.15) is 6.04 Å². The van der Waals surface area contributed by atoms with Crippen LogP contribution in [0.15, 0.2) is 41.8 Å². The molecule has 0 aliphatic carbocycles. The molecule has 0 radical (unpaired) electrons. The second-order valence-corrected chi connectivity index (χ2v) is 7.70. The summed E-state index contributed by atoms with van der Waals surface area (Å²) < 4.78 is 33.0. The highest BCUT2D eigenvalue weighted by Gasteiger charge is 2.38. The summed E-state index contributed by atoms with van der Waals surface area (Å²) in [6.45, 7) is 6.06. The first-order valence-corrected chi connectivity index (χ1v) is 9.38. The van der Waals surface area contributed by atoms with E-state index in [0.717, 1.165) is 5.56 Å². The van der Waals surface area contributed by atoms with E-state index in [1.54, 1.807) is 18.2 Å². The average molecular weight is 353 g/mol. The maximum atomic E-state index is 12.5. The summed E-state index contributed by atoms with van der Waals surface area (Å²) in [5, 5.41) is 9.56. The second kappa shape index (κ2) is 7.92. The summed E-state index contributed by atoms with van der Waals surface area (Å²) in [7, 11) is -3.92. The first-order valence-electron chi connectivity index (χ1n) is 7.89. The number of hydrogen-bond donors (Lipinski definition) is 2. The van der Waals surface area contributed by atoms with Gasteiger partial charge in [0, 0.05) is 12.5 Å². The molecule has 24 heavy (non-hydrogen) atoms. The van der Waals surface area contributed by atoms with Gasteiger partial charge in [-0.1, -0.05) is 23.8 Å². The Morgan fingerprint density at radius 1 is 1.46 bits per heavy atom. The summed E-state index contributed by atoms with van der Waals surface area (Å²) in [4.78, 5) is 11.8. The van der Waals surface area contributed by atoms with E-state index in [0.29, 0.717) is 25.9 Å². The van der Waals surface area contributed by atoms with Gasteiger partial charge in [-0.25, -0.2) is 8.42 Å². The van der Waals surface area contributed by atoms with Crippen molar-refractivity contribution in [3.8, 4) is 0 Å². The van der Waals surface area contributed by atoms with E-state index in [-0.39, 0.29) is 11.0 Å². The van der Waals surface area contributed by atoms with Crippen LogP contribution in [0.4, 0.5) is 0 Å². The number of aliphatic carboxylic acids is 1. The molecule has 6 nitrogen and oxygen atoms in total. The Morgan fingerprint density at radius 3 is 2.71 bits per heavy atom. The highest BCUT2D eigenvalue weighted by molar-refractivity contribution is 7.89. The first kappa shape index (κ1) is 18.6. The zero-order valence-electron chi connectivity index (χ0n) is 13.6. The molecule has 0 spiro atoms. The predicted molar refractivity (Wildman–Crippen MR) is 90.2 cm³/mol. The lowest BCUT2D eigenvalue weighted by atomic mass is 9.86. The molecule has 0 bridgehead atoms. The van der Waals surface area contributed by atoms with Gasteiger partial charge in [0.05, 0.1) is 11.0 Å². The summed E-state index contributed by atoms with van der Waals surface area (Å²) >= 11 is 0. The third-order valence-corrected chi connectivity index (χ3v) is 5.65. The topological polar surface area (TPSA) is 92.7 Å². The van der Waals surface area contributed by atoms with Crippen molar-refractivity contribution in [1.82, 2.24) is 4.72 Å². The molecule has 1 aromatic carbocycles. The van der Waals surface area contributed by atoms with Gasteiger partial charge in [-0.2, -0.15) is 4.72 Å². The fourth-order valence-electron chi connectivity index (χ4n) is 2.93. The SMILES string of the molecule is C=CC[C@@H]1OCCC[C@H]1C(NS(=O)(=O)c1ccc(C)cc1)C(=O)O. The summed E-state index contributed by atoms with van der Waals surface area (Å²) in [5.41, 5.74) is 0.926. The lowest BCUT2D eigenvalue weighted by Gasteiger charge is -2.35. The van der Waals surface area contributed by atoms with Crippen molar-refractivity contribution in [1.29, 1.82) is 0 Å². The molecule has 2 rings (SSSR count). The molecule has 1 aromatic rings. The second-order valence-electron chi connectivity index (χ2n) is 5.99. The number of carboxylic acids is 1. The van der Waals surface area contributed by atoms with E-state index >= 15 is 0 Å². The van der Waals surface area contributed by atoms with Crippen LogP contribution in [0.2, 0.25) is 0 Å². The standard InChI is InChI=1S/C17H23NO5S/c1-3-5-15-14(6-4-11-23-15)16(17(19)20)18-24(21,22)13-9-7-12(2)8-10-13/h3,7-10,14-16,18H,1,4-6,11H2,2H3,(H,19,20)/t14-,15+,16?/m1/s1. The van der Waals surface area contributed by atoms with E-state index in [1.807, 2.05) is 6.92 Å². The van der Waals surface area contributed by atoms with Crippen molar-refractivity contribution in [2.45, 2.75) is 43.2 Å². The number of ether oxygens (including phenoxy) is 1. The van der Waals surface area contributed by atoms with Crippen LogP contribution in [0.3, 0.4) is 0 Å². The van der Waals surface area contributed by atoms with Crippen molar-refractivity contribution >= 4 is 16.0 Å². The average Bonchev–Trinajstić information content (AvgIpc) is 2.54. The van der Waals surface area contributed by atoms with Gasteiger partial charge >= 0.3 is 5.97 Å². The molecular formula is C17H23NO5S. The molecule has 1 aliphatic rings. The lowest BCUT2D eigenvalue weighted by molar-refractivity contribution is -0.144. The minimum atomic E-state index is -3.92. The molecule has 0 aromatic heterocycles. The molecule has 1 heterocycles. The highest BCUT2D eigenvalue weighted by atomic mass is 32.2. The van der Waals surface area contributed by atoms with E-state index in [4.69, 9.17) is 4.74 Å². The monoisotopic (exact) mass is 353 g/mol. The Balaban J connectivity index is 2.25. The highest BCUT2D eigenvalue weighted by Crippen LogP contribution is 2.28. The number of benzene rings is 1. The van der Waals surface area contributed by atoms with Gasteiger partial charge in [0.15, 0.2) is 0 Å². The minimum Gasteiger partial charge on any atom is -0.480 e. The number of rotatable bonds is 7. The Labute approximate surface area is 142 Å². The van der Waals surface area contributed by atoms with Crippen LogP contribution < -0.4 is 4.72 Å². The Hall–Kier alpha value is -1.70. The van der Waals surface area contributed by atoms with Crippen LogP contribution in [0.5, 0.6) is 0 Å². The number of carboxylic acid groups (broad SMARTS) is 1. The molecular weight excluding hydrogens is 330 g/mol. The zero-order chi connectivity index (χ0) is 17.7. The smallest absolute Gasteiger partial charge is 0.322 e. The molecule has 1 aliphatic heterocycles. The molecule has 0 saturated carbocycles. The molecule has 1 saturated heterocycles. The van der Waals surface area contributed by atoms with Gasteiger partial charge in [-0.05, 0) is 38.3 Å². The Kier molecular flexibility index (Phi) is 6.15. The first-order chi connectivity index (χ1) is 11.3. The lowest BCUT2D eigenvalue weighted by Crippen LogP contribution is -2.51. The Morgan fingerprint density at radius 2 is 2.12 bits per heavy atom. The van der Waals surface area contributed by atoms with Crippen molar-refractivity contribution in [3.05, 3.63) is 42.5 Å².